The van der Waals surface area contributed by atoms with Gasteiger partial charge in [0.1, 0.15) is 0 Å². The van der Waals surface area contributed by atoms with E-state index in [0.29, 0.717) is 11.8 Å². The van der Waals surface area contributed by atoms with Crippen LogP contribution in [0.25, 0.3) is 0 Å². The standard InChI is InChI=1S/C33H48O2/c1-31(2,3)27-21-25(17-19-29(27)34)33(23-13-9-7-10-14-23,24-15-11-8-12-16-24)26-18-20-30(35)28(22-26)32(4,5)6/h7-16,25-30,34-35H,17-22H2,1-6H3. The molecule has 2 saturated carbocycles. The Morgan fingerprint density at radius 1 is 0.543 bits per heavy atom. The van der Waals surface area contributed by atoms with E-state index in [2.05, 4.69) is 102 Å². The summed E-state index contributed by atoms with van der Waals surface area (Å²) in [4.78, 5) is 0. The van der Waals surface area contributed by atoms with Gasteiger partial charge in [0.15, 0.2) is 0 Å². The van der Waals surface area contributed by atoms with E-state index in [-0.39, 0.29) is 40.3 Å². The van der Waals surface area contributed by atoms with Crippen molar-refractivity contribution in [2.45, 2.75) is 97.7 Å². The minimum atomic E-state index is -0.231. The molecule has 4 rings (SSSR count). The Hall–Kier alpha value is -1.64. The van der Waals surface area contributed by atoms with Crippen molar-refractivity contribution in [1.29, 1.82) is 0 Å². The van der Waals surface area contributed by atoms with Gasteiger partial charge in [-0.15, -0.1) is 0 Å². The molecule has 2 heteroatoms. The summed E-state index contributed by atoms with van der Waals surface area (Å²) in [5.74, 6) is 1.45. The average molecular weight is 477 g/mol. The van der Waals surface area contributed by atoms with Crippen LogP contribution in [0.2, 0.25) is 0 Å². The summed E-state index contributed by atoms with van der Waals surface area (Å²) in [6, 6.07) is 22.4. The fourth-order valence-electron chi connectivity index (χ4n) is 7.87. The summed E-state index contributed by atoms with van der Waals surface area (Å²) < 4.78 is 0. The van der Waals surface area contributed by atoms with E-state index >= 15 is 0 Å². The minimum Gasteiger partial charge on any atom is -0.393 e. The van der Waals surface area contributed by atoms with E-state index in [0.717, 1.165) is 38.5 Å². The molecule has 0 radical (unpaired) electrons. The predicted octanol–water partition coefficient (Wildman–Crippen LogP) is 7.62. The lowest BCUT2D eigenvalue weighted by Gasteiger charge is -2.55. The fraction of sp³-hybridized carbons (Fsp3) is 0.636. The average Bonchev–Trinajstić information content (AvgIpc) is 2.81. The molecule has 0 aliphatic heterocycles. The molecule has 2 nitrogen and oxygen atoms in total. The van der Waals surface area contributed by atoms with Gasteiger partial charge in [0.05, 0.1) is 12.2 Å². The Labute approximate surface area is 214 Å². The molecular weight excluding hydrogens is 428 g/mol. The van der Waals surface area contributed by atoms with Gasteiger partial charge in [0.25, 0.3) is 0 Å². The maximum absolute atomic E-state index is 11.1. The Balaban J connectivity index is 1.91. The van der Waals surface area contributed by atoms with Crippen LogP contribution >= 0.6 is 0 Å². The van der Waals surface area contributed by atoms with Crippen LogP contribution in [-0.2, 0) is 5.41 Å². The second-order valence-electron chi connectivity index (χ2n) is 13.7. The number of hydrogen-bond acceptors (Lipinski definition) is 2. The summed E-state index contributed by atoms with van der Waals surface area (Å²) in [5.41, 5.74) is 2.82. The van der Waals surface area contributed by atoms with Gasteiger partial charge in [0.2, 0.25) is 0 Å². The Bertz CT molecular complexity index is 857. The lowest BCUT2D eigenvalue weighted by atomic mass is 9.49. The molecule has 35 heavy (non-hydrogen) atoms. The van der Waals surface area contributed by atoms with Crippen molar-refractivity contribution in [2.75, 3.05) is 0 Å². The molecule has 2 aromatic carbocycles. The molecule has 2 aliphatic carbocycles. The zero-order chi connectivity index (χ0) is 25.4. The molecule has 2 N–H and O–H groups in total. The van der Waals surface area contributed by atoms with Crippen molar-refractivity contribution in [3.05, 3.63) is 71.8 Å². The topological polar surface area (TPSA) is 40.5 Å². The fourth-order valence-corrected chi connectivity index (χ4v) is 7.87. The summed E-state index contributed by atoms with van der Waals surface area (Å²) in [5, 5.41) is 22.2. The van der Waals surface area contributed by atoms with Crippen LogP contribution in [0.5, 0.6) is 0 Å². The predicted molar refractivity (Wildman–Crippen MR) is 146 cm³/mol. The number of rotatable bonds is 4. The number of benzene rings is 2. The Morgan fingerprint density at radius 2 is 0.886 bits per heavy atom. The second-order valence-corrected chi connectivity index (χ2v) is 13.7. The lowest BCUT2D eigenvalue weighted by Crippen LogP contribution is -2.52. The van der Waals surface area contributed by atoms with Gasteiger partial charge in [-0.3, -0.25) is 0 Å². The Kier molecular flexibility index (Phi) is 7.56. The minimum absolute atomic E-state index is 0.0634. The van der Waals surface area contributed by atoms with Crippen LogP contribution in [0.3, 0.4) is 0 Å². The van der Waals surface area contributed by atoms with E-state index in [1.54, 1.807) is 0 Å². The van der Waals surface area contributed by atoms with Gasteiger partial charge in [-0.2, -0.15) is 0 Å². The molecular formula is C33H48O2. The van der Waals surface area contributed by atoms with Crippen molar-refractivity contribution >= 4 is 0 Å². The normalized spacial score (nSPS) is 30.7. The molecule has 2 aromatic rings. The van der Waals surface area contributed by atoms with Crippen LogP contribution in [0.1, 0.15) is 91.2 Å². The molecule has 2 aliphatic rings. The smallest absolute Gasteiger partial charge is 0.0573 e. The van der Waals surface area contributed by atoms with Gasteiger partial charge in [-0.05, 0) is 84.2 Å². The van der Waals surface area contributed by atoms with E-state index in [1.807, 2.05) is 0 Å². The van der Waals surface area contributed by atoms with E-state index < -0.39 is 0 Å². The zero-order valence-corrected chi connectivity index (χ0v) is 22.9. The van der Waals surface area contributed by atoms with Crippen molar-refractivity contribution in [2.24, 2.45) is 34.5 Å². The summed E-state index contributed by atoms with van der Waals surface area (Å²) >= 11 is 0. The highest BCUT2D eigenvalue weighted by atomic mass is 16.3. The van der Waals surface area contributed by atoms with Crippen LogP contribution in [0, 0.1) is 34.5 Å². The molecule has 0 saturated heterocycles. The van der Waals surface area contributed by atoms with Crippen LogP contribution in [0.15, 0.2) is 60.7 Å². The van der Waals surface area contributed by atoms with Gasteiger partial charge in [-0.25, -0.2) is 0 Å². The maximum atomic E-state index is 11.1. The van der Waals surface area contributed by atoms with Gasteiger partial charge >= 0.3 is 0 Å². The van der Waals surface area contributed by atoms with Gasteiger partial charge in [-0.1, -0.05) is 102 Å². The van der Waals surface area contributed by atoms with E-state index in [9.17, 15) is 10.2 Å². The van der Waals surface area contributed by atoms with E-state index in [1.165, 1.54) is 11.1 Å². The highest BCUT2D eigenvalue weighted by molar-refractivity contribution is 5.42. The van der Waals surface area contributed by atoms with Crippen molar-refractivity contribution < 1.29 is 10.2 Å². The van der Waals surface area contributed by atoms with Crippen LogP contribution in [-0.4, -0.2) is 22.4 Å². The monoisotopic (exact) mass is 476 g/mol. The molecule has 6 unspecified atom stereocenters. The number of hydrogen-bond donors (Lipinski definition) is 2. The first kappa shape index (κ1) is 26.4. The third-order valence-electron chi connectivity index (χ3n) is 9.64. The molecule has 0 aromatic heterocycles. The highest BCUT2D eigenvalue weighted by Crippen LogP contribution is 2.58. The molecule has 0 heterocycles. The Morgan fingerprint density at radius 3 is 1.20 bits per heavy atom. The molecule has 0 spiro atoms. The SMILES string of the molecule is CC(C)(C)C1CC(C(c2ccccc2)(c2ccccc2)C2CCC(O)C(C(C)(C)C)C2)CCC1O. The van der Waals surface area contributed by atoms with E-state index in [4.69, 9.17) is 0 Å². The summed E-state index contributed by atoms with van der Waals surface area (Å²) in [6.45, 7) is 13.8. The molecule has 6 atom stereocenters. The summed E-state index contributed by atoms with van der Waals surface area (Å²) in [7, 11) is 0. The zero-order valence-electron chi connectivity index (χ0n) is 22.9. The molecule has 0 amide bonds. The third kappa shape index (κ3) is 5.12. The first-order chi connectivity index (χ1) is 16.5. The van der Waals surface area contributed by atoms with Crippen molar-refractivity contribution in [1.82, 2.24) is 0 Å². The molecule has 2 fully saturated rings. The third-order valence-corrected chi connectivity index (χ3v) is 9.64. The largest absolute Gasteiger partial charge is 0.393 e. The first-order valence-electron chi connectivity index (χ1n) is 13.9. The quantitative estimate of drug-likeness (QED) is 0.476. The van der Waals surface area contributed by atoms with Crippen LogP contribution < -0.4 is 0 Å². The maximum Gasteiger partial charge on any atom is 0.0573 e. The van der Waals surface area contributed by atoms with Crippen LogP contribution in [0.4, 0.5) is 0 Å². The second kappa shape index (κ2) is 10.0. The summed E-state index contributed by atoms with van der Waals surface area (Å²) in [6.07, 6.45) is 5.42. The van der Waals surface area contributed by atoms with Crippen molar-refractivity contribution in [3.63, 3.8) is 0 Å². The van der Waals surface area contributed by atoms with Gasteiger partial charge in [0, 0.05) is 5.41 Å². The molecule has 0 bridgehead atoms. The highest BCUT2D eigenvalue weighted by Gasteiger charge is 2.53. The first-order valence-corrected chi connectivity index (χ1v) is 13.9. The number of aliphatic hydroxyl groups is 2. The molecule has 192 valence electrons. The lowest BCUT2D eigenvalue weighted by molar-refractivity contribution is -0.0522. The van der Waals surface area contributed by atoms with Crippen molar-refractivity contribution in [3.8, 4) is 0 Å². The number of aliphatic hydroxyl groups excluding tert-OH is 2. The van der Waals surface area contributed by atoms with Gasteiger partial charge < -0.3 is 10.2 Å².